The number of nitrogens with two attached hydrogens (primary N) is 1. The molecule has 3 heteroatoms. The molecule has 0 heterocycles. The highest BCUT2D eigenvalue weighted by molar-refractivity contribution is 9.10. The Labute approximate surface area is 115 Å². The first-order valence-corrected chi connectivity index (χ1v) is 6.61. The lowest BCUT2D eigenvalue weighted by Crippen LogP contribution is -2.13. The van der Waals surface area contributed by atoms with E-state index in [2.05, 4.69) is 28.1 Å². The molecule has 18 heavy (non-hydrogen) atoms. The highest BCUT2D eigenvalue weighted by Crippen LogP contribution is 2.21. The van der Waals surface area contributed by atoms with Crippen molar-refractivity contribution in [2.45, 2.75) is 19.4 Å². The van der Waals surface area contributed by atoms with Crippen LogP contribution in [-0.4, -0.2) is 0 Å². The fraction of sp³-hybridized carbons (Fsp3) is 0.200. The van der Waals surface area contributed by atoms with E-state index < -0.39 is 0 Å². The van der Waals surface area contributed by atoms with Crippen molar-refractivity contribution in [1.82, 2.24) is 0 Å². The molecule has 1 unspecified atom stereocenters. The van der Waals surface area contributed by atoms with Crippen molar-refractivity contribution in [3.63, 3.8) is 0 Å². The van der Waals surface area contributed by atoms with Crippen LogP contribution in [0.25, 0.3) is 0 Å². The predicted molar refractivity (Wildman–Crippen MR) is 75.9 cm³/mol. The maximum Gasteiger partial charge on any atom is 0.137 e. The topological polar surface area (TPSA) is 26.0 Å². The van der Waals surface area contributed by atoms with Crippen molar-refractivity contribution in [2.75, 3.05) is 0 Å². The molecule has 0 bridgehead atoms. The van der Waals surface area contributed by atoms with Gasteiger partial charge in [-0.2, -0.15) is 0 Å². The van der Waals surface area contributed by atoms with Crippen LogP contribution >= 0.6 is 15.9 Å². The monoisotopic (exact) mass is 307 g/mol. The minimum Gasteiger partial charge on any atom is -0.324 e. The summed E-state index contributed by atoms with van der Waals surface area (Å²) in [5, 5.41) is 0. The van der Waals surface area contributed by atoms with Gasteiger partial charge in [0.1, 0.15) is 5.82 Å². The van der Waals surface area contributed by atoms with Crippen molar-refractivity contribution in [2.24, 2.45) is 5.73 Å². The minimum absolute atomic E-state index is 0.0667. The standard InChI is InChI=1S/C15H15BrFN/c1-10-2-5-12(6-3-10)15(18)9-11-4-7-14(17)13(16)8-11/h2-8,15H,9,18H2,1H3. The molecule has 0 spiro atoms. The van der Waals surface area contributed by atoms with Gasteiger partial charge in [0.25, 0.3) is 0 Å². The van der Waals surface area contributed by atoms with Crippen LogP contribution in [0, 0.1) is 12.7 Å². The van der Waals surface area contributed by atoms with Crippen LogP contribution in [0.4, 0.5) is 4.39 Å². The Morgan fingerprint density at radius 1 is 1.17 bits per heavy atom. The van der Waals surface area contributed by atoms with E-state index in [4.69, 9.17) is 5.73 Å². The second-order valence-electron chi connectivity index (χ2n) is 4.47. The fourth-order valence-electron chi connectivity index (χ4n) is 1.85. The first kappa shape index (κ1) is 13.2. The van der Waals surface area contributed by atoms with Crippen LogP contribution in [0.2, 0.25) is 0 Å². The Morgan fingerprint density at radius 3 is 2.44 bits per heavy atom. The van der Waals surface area contributed by atoms with Crippen molar-refractivity contribution in [3.05, 3.63) is 69.4 Å². The summed E-state index contributed by atoms with van der Waals surface area (Å²) < 4.78 is 13.6. The number of rotatable bonds is 3. The molecule has 2 aromatic rings. The van der Waals surface area contributed by atoms with Gasteiger partial charge in [0.15, 0.2) is 0 Å². The quantitative estimate of drug-likeness (QED) is 0.906. The highest BCUT2D eigenvalue weighted by Gasteiger charge is 2.08. The third-order valence-corrected chi connectivity index (χ3v) is 3.55. The molecule has 2 N–H and O–H groups in total. The predicted octanol–water partition coefficient (Wildman–Crippen LogP) is 4.14. The van der Waals surface area contributed by atoms with Crippen LogP contribution < -0.4 is 5.73 Å². The van der Waals surface area contributed by atoms with Crippen molar-refractivity contribution in [3.8, 4) is 0 Å². The van der Waals surface area contributed by atoms with Crippen LogP contribution in [-0.2, 0) is 6.42 Å². The van der Waals surface area contributed by atoms with Gasteiger partial charge in [0.2, 0.25) is 0 Å². The molecule has 94 valence electrons. The third-order valence-electron chi connectivity index (χ3n) is 2.95. The zero-order valence-corrected chi connectivity index (χ0v) is 11.7. The first-order valence-electron chi connectivity index (χ1n) is 5.82. The SMILES string of the molecule is Cc1ccc(C(N)Cc2ccc(F)c(Br)c2)cc1. The Balaban J connectivity index is 2.13. The maximum atomic E-state index is 13.1. The molecule has 0 aliphatic carbocycles. The molecule has 0 fully saturated rings. The van der Waals surface area contributed by atoms with Crippen LogP contribution in [0.15, 0.2) is 46.9 Å². The highest BCUT2D eigenvalue weighted by atomic mass is 79.9. The maximum absolute atomic E-state index is 13.1. The number of benzene rings is 2. The van der Waals surface area contributed by atoms with E-state index >= 15 is 0 Å². The van der Waals surface area contributed by atoms with Gasteiger partial charge in [-0.05, 0) is 52.5 Å². The Morgan fingerprint density at radius 2 is 1.83 bits per heavy atom. The summed E-state index contributed by atoms with van der Waals surface area (Å²) >= 11 is 3.19. The molecule has 2 rings (SSSR count). The summed E-state index contributed by atoms with van der Waals surface area (Å²) in [6.07, 6.45) is 0.696. The second kappa shape index (κ2) is 5.63. The molecule has 0 saturated carbocycles. The number of halogens is 2. The molecule has 0 radical (unpaired) electrons. The lowest BCUT2D eigenvalue weighted by molar-refractivity contribution is 0.618. The molecule has 0 saturated heterocycles. The lowest BCUT2D eigenvalue weighted by Gasteiger charge is -2.13. The first-order chi connectivity index (χ1) is 8.56. The van der Waals surface area contributed by atoms with Crippen LogP contribution in [0.5, 0.6) is 0 Å². The Kier molecular flexibility index (Phi) is 4.15. The van der Waals surface area contributed by atoms with Crippen molar-refractivity contribution < 1.29 is 4.39 Å². The Hall–Kier alpha value is -1.19. The summed E-state index contributed by atoms with van der Waals surface area (Å²) in [7, 11) is 0. The van der Waals surface area contributed by atoms with E-state index in [9.17, 15) is 4.39 Å². The van der Waals surface area contributed by atoms with Crippen molar-refractivity contribution in [1.29, 1.82) is 0 Å². The second-order valence-corrected chi connectivity index (χ2v) is 5.32. The fourth-order valence-corrected chi connectivity index (χ4v) is 2.28. The largest absolute Gasteiger partial charge is 0.324 e. The molecule has 0 aromatic heterocycles. The molecule has 0 aliphatic rings. The molecule has 2 aromatic carbocycles. The van der Waals surface area contributed by atoms with Gasteiger partial charge in [-0.25, -0.2) is 4.39 Å². The third kappa shape index (κ3) is 3.18. The summed E-state index contributed by atoms with van der Waals surface area (Å²) in [6, 6.07) is 13.1. The average Bonchev–Trinajstić information content (AvgIpc) is 2.34. The van der Waals surface area contributed by atoms with E-state index in [1.807, 2.05) is 19.1 Å². The van der Waals surface area contributed by atoms with Crippen molar-refractivity contribution >= 4 is 15.9 Å². The molecule has 0 amide bonds. The van der Waals surface area contributed by atoms with Gasteiger partial charge in [0, 0.05) is 6.04 Å². The van der Waals surface area contributed by atoms with Gasteiger partial charge in [-0.1, -0.05) is 35.9 Å². The molecular weight excluding hydrogens is 293 g/mol. The molecular formula is C15H15BrFN. The summed E-state index contributed by atoms with van der Waals surface area (Å²) in [5.41, 5.74) is 9.50. The van der Waals surface area contributed by atoms with E-state index in [-0.39, 0.29) is 11.9 Å². The van der Waals surface area contributed by atoms with Crippen LogP contribution in [0.3, 0.4) is 0 Å². The van der Waals surface area contributed by atoms with Gasteiger partial charge < -0.3 is 5.73 Å². The lowest BCUT2D eigenvalue weighted by atomic mass is 9.99. The van der Waals surface area contributed by atoms with E-state index in [1.54, 1.807) is 12.1 Å². The molecule has 1 nitrogen and oxygen atoms in total. The van der Waals surface area contributed by atoms with E-state index in [0.29, 0.717) is 10.9 Å². The number of hydrogen-bond acceptors (Lipinski definition) is 1. The van der Waals surface area contributed by atoms with Gasteiger partial charge in [-0.3, -0.25) is 0 Å². The van der Waals surface area contributed by atoms with Gasteiger partial charge >= 0.3 is 0 Å². The zero-order chi connectivity index (χ0) is 13.1. The van der Waals surface area contributed by atoms with Gasteiger partial charge in [-0.15, -0.1) is 0 Å². The molecule has 1 atom stereocenters. The summed E-state index contributed by atoms with van der Waals surface area (Å²) in [6.45, 7) is 2.05. The smallest absolute Gasteiger partial charge is 0.137 e. The van der Waals surface area contributed by atoms with E-state index in [1.165, 1.54) is 11.6 Å². The summed E-state index contributed by atoms with van der Waals surface area (Å²) in [4.78, 5) is 0. The number of aryl methyl sites for hydroxylation is 1. The Bertz CT molecular complexity index is 537. The normalized spacial score (nSPS) is 12.4. The average molecular weight is 308 g/mol. The summed E-state index contributed by atoms with van der Waals surface area (Å²) in [5.74, 6) is -0.248. The minimum atomic E-state index is -0.248. The van der Waals surface area contributed by atoms with Gasteiger partial charge in [0.05, 0.1) is 4.47 Å². The van der Waals surface area contributed by atoms with Crippen LogP contribution in [0.1, 0.15) is 22.7 Å². The zero-order valence-electron chi connectivity index (χ0n) is 10.2. The molecule has 0 aliphatic heterocycles. The van der Waals surface area contributed by atoms with E-state index in [0.717, 1.165) is 11.1 Å². The number of hydrogen-bond donors (Lipinski definition) is 1.